The Kier molecular flexibility index (Phi) is 3.30. The van der Waals surface area contributed by atoms with Crippen LogP contribution in [0.2, 0.25) is 0 Å². The van der Waals surface area contributed by atoms with E-state index in [-0.39, 0.29) is 5.41 Å². The second-order valence-corrected chi connectivity index (χ2v) is 7.71. The van der Waals surface area contributed by atoms with Crippen LogP contribution in [0.4, 0.5) is 0 Å². The third-order valence-electron chi connectivity index (χ3n) is 6.43. The number of hydrogen-bond acceptors (Lipinski definition) is 4. The molecular formula is C21H23N3O2. The molecule has 0 saturated heterocycles. The molecule has 5 rings (SSSR count). The van der Waals surface area contributed by atoms with Gasteiger partial charge in [0.05, 0.1) is 19.0 Å². The highest BCUT2D eigenvalue weighted by molar-refractivity contribution is 5.50. The summed E-state index contributed by atoms with van der Waals surface area (Å²) in [6, 6.07) is 8.51. The molecule has 26 heavy (non-hydrogen) atoms. The minimum atomic E-state index is -0.165. The van der Waals surface area contributed by atoms with Gasteiger partial charge in [0.1, 0.15) is 11.5 Å². The third-order valence-corrected chi connectivity index (χ3v) is 6.43. The van der Waals surface area contributed by atoms with E-state index in [9.17, 15) is 0 Å². The molecule has 5 nitrogen and oxygen atoms in total. The molecule has 0 spiro atoms. The molecule has 5 heteroatoms. The molecule has 3 atom stereocenters. The van der Waals surface area contributed by atoms with Crippen molar-refractivity contribution < 1.29 is 9.26 Å². The standard InChI is InChI=1S/C21H23N3O2/c1-13-18-8-7-14-12-24(2)23-20(14)21(18,10-15-11-22-26-19(13)15)16-5-4-6-17(9-16)25-3/h4-6,9,11-13,18H,7-8,10H2,1-3H3/t13-,18-,21+/m0/s1. The van der Waals surface area contributed by atoms with E-state index < -0.39 is 0 Å². The van der Waals surface area contributed by atoms with Gasteiger partial charge in [-0.05, 0) is 48.4 Å². The van der Waals surface area contributed by atoms with E-state index >= 15 is 0 Å². The van der Waals surface area contributed by atoms with Gasteiger partial charge in [0.15, 0.2) is 0 Å². The summed E-state index contributed by atoms with van der Waals surface area (Å²) in [6.45, 7) is 2.27. The van der Waals surface area contributed by atoms with Crippen molar-refractivity contribution >= 4 is 0 Å². The fraction of sp³-hybridized carbons (Fsp3) is 0.429. The lowest BCUT2D eigenvalue weighted by atomic mass is 9.53. The van der Waals surface area contributed by atoms with Crippen LogP contribution < -0.4 is 4.74 Å². The van der Waals surface area contributed by atoms with Crippen LogP contribution >= 0.6 is 0 Å². The molecular weight excluding hydrogens is 326 g/mol. The van der Waals surface area contributed by atoms with E-state index in [0.717, 1.165) is 30.8 Å². The van der Waals surface area contributed by atoms with Gasteiger partial charge in [-0.25, -0.2) is 0 Å². The SMILES string of the molecule is COc1cccc([C@]23Cc4cnoc4[C@@H](C)[C@@H]2CCc2cn(C)nc23)c1. The quantitative estimate of drug-likeness (QED) is 0.709. The van der Waals surface area contributed by atoms with Crippen LogP contribution in [0.25, 0.3) is 0 Å². The first-order chi connectivity index (χ1) is 12.6. The van der Waals surface area contributed by atoms with Gasteiger partial charge in [-0.3, -0.25) is 4.68 Å². The Labute approximate surface area is 153 Å². The minimum Gasteiger partial charge on any atom is -0.497 e. The number of ether oxygens (including phenoxy) is 1. The van der Waals surface area contributed by atoms with Gasteiger partial charge in [0.2, 0.25) is 0 Å². The minimum absolute atomic E-state index is 0.165. The summed E-state index contributed by atoms with van der Waals surface area (Å²) in [5.41, 5.74) is 4.89. The number of nitrogens with zero attached hydrogens (tertiary/aromatic N) is 3. The molecule has 0 N–H and O–H groups in total. The van der Waals surface area contributed by atoms with Crippen molar-refractivity contribution in [3.05, 3.63) is 64.8 Å². The molecule has 2 aromatic heterocycles. The molecule has 0 unspecified atom stereocenters. The van der Waals surface area contributed by atoms with Crippen LogP contribution in [-0.4, -0.2) is 22.0 Å². The van der Waals surface area contributed by atoms with Gasteiger partial charge in [0, 0.05) is 30.1 Å². The lowest BCUT2D eigenvalue weighted by Gasteiger charge is -2.48. The fourth-order valence-electron chi connectivity index (χ4n) is 5.33. The predicted octanol–water partition coefficient (Wildman–Crippen LogP) is 3.63. The maximum Gasteiger partial charge on any atom is 0.143 e. The molecule has 134 valence electrons. The summed E-state index contributed by atoms with van der Waals surface area (Å²) < 4.78 is 13.1. The van der Waals surface area contributed by atoms with Crippen molar-refractivity contribution in [2.24, 2.45) is 13.0 Å². The first kappa shape index (κ1) is 15.7. The van der Waals surface area contributed by atoms with Crippen molar-refractivity contribution in [1.82, 2.24) is 14.9 Å². The van der Waals surface area contributed by atoms with Gasteiger partial charge in [-0.2, -0.15) is 5.10 Å². The summed E-state index contributed by atoms with van der Waals surface area (Å²) in [6.07, 6.45) is 7.13. The van der Waals surface area contributed by atoms with Gasteiger partial charge in [-0.1, -0.05) is 24.2 Å². The van der Waals surface area contributed by atoms with Gasteiger partial charge in [-0.15, -0.1) is 0 Å². The summed E-state index contributed by atoms with van der Waals surface area (Å²) in [5, 5.41) is 9.06. The fourth-order valence-corrected chi connectivity index (χ4v) is 5.33. The molecule has 0 fully saturated rings. The van der Waals surface area contributed by atoms with Crippen LogP contribution in [0.3, 0.4) is 0 Å². The van der Waals surface area contributed by atoms with Crippen molar-refractivity contribution in [2.45, 2.75) is 37.5 Å². The average molecular weight is 349 g/mol. The molecule has 3 aromatic rings. The smallest absolute Gasteiger partial charge is 0.143 e. The zero-order chi connectivity index (χ0) is 17.9. The first-order valence-corrected chi connectivity index (χ1v) is 9.24. The summed E-state index contributed by atoms with van der Waals surface area (Å²) >= 11 is 0. The molecule has 1 aromatic carbocycles. The number of rotatable bonds is 2. The Hall–Kier alpha value is -2.56. The first-order valence-electron chi connectivity index (χ1n) is 9.24. The topological polar surface area (TPSA) is 53.1 Å². The number of hydrogen-bond donors (Lipinski definition) is 0. The van der Waals surface area contributed by atoms with E-state index in [1.54, 1.807) is 7.11 Å². The molecule has 2 heterocycles. The zero-order valence-electron chi connectivity index (χ0n) is 15.4. The summed E-state index contributed by atoms with van der Waals surface area (Å²) in [5.74, 6) is 2.68. The number of aromatic nitrogens is 3. The van der Waals surface area contributed by atoms with Crippen LogP contribution in [0.1, 0.15) is 47.4 Å². The monoisotopic (exact) mass is 349 g/mol. The summed E-state index contributed by atoms with van der Waals surface area (Å²) in [4.78, 5) is 0. The van der Waals surface area contributed by atoms with Gasteiger partial charge in [0.25, 0.3) is 0 Å². The number of methoxy groups -OCH3 is 1. The summed E-state index contributed by atoms with van der Waals surface area (Å²) in [7, 11) is 3.74. The normalized spacial score (nSPS) is 26.7. The van der Waals surface area contributed by atoms with Crippen LogP contribution in [0.5, 0.6) is 5.75 Å². The predicted molar refractivity (Wildman–Crippen MR) is 97.4 cm³/mol. The van der Waals surface area contributed by atoms with Crippen LogP contribution in [0.15, 0.2) is 41.2 Å². The largest absolute Gasteiger partial charge is 0.497 e. The van der Waals surface area contributed by atoms with Crippen LogP contribution in [0, 0.1) is 5.92 Å². The zero-order valence-corrected chi connectivity index (χ0v) is 15.4. The lowest BCUT2D eigenvalue weighted by Crippen LogP contribution is -2.47. The van der Waals surface area contributed by atoms with Crippen molar-refractivity contribution in [3.63, 3.8) is 0 Å². The van der Waals surface area contributed by atoms with Crippen molar-refractivity contribution in [3.8, 4) is 5.75 Å². The molecule has 0 bridgehead atoms. The van der Waals surface area contributed by atoms with Crippen molar-refractivity contribution in [2.75, 3.05) is 7.11 Å². The van der Waals surface area contributed by atoms with Gasteiger partial charge >= 0.3 is 0 Å². The number of aryl methyl sites for hydroxylation is 2. The van der Waals surface area contributed by atoms with E-state index in [0.29, 0.717) is 11.8 Å². The Morgan fingerprint density at radius 2 is 2.19 bits per heavy atom. The maximum absolute atomic E-state index is 5.64. The van der Waals surface area contributed by atoms with Crippen molar-refractivity contribution in [1.29, 1.82) is 0 Å². The molecule has 0 saturated carbocycles. The van der Waals surface area contributed by atoms with E-state index in [2.05, 4.69) is 36.5 Å². The second kappa shape index (κ2) is 5.47. The third kappa shape index (κ3) is 1.97. The average Bonchev–Trinajstić information content (AvgIpc) is 3.27. The Bertz CT molecular complexity index is 973. The lowest BCUT2D eigenvalue weighted by molar-refractivity contribution is 0.189. The van der Waals surface area contributed by atoms with Crippen LogP contribution in [-0.2, 0) is 25.3 Å². The van der Waals surface area contributed by atoms with E-state index in [1.165, 1.54) is 22.4 Å². The number of benzene rings is 1. The highest BCUT2D eigenvalue weighted by Gasteiger charge is 2.54. The Balaban J connectivity index is 1.80. The number of fused-ring (bicyclic) bond motifs is 4. The highest BCUT2D eigenvalue weighted by atomic mass is 16.5. The molecule has 0 radical (unpaired) electrons. The molecule has 2 aliphatic carbocycles. The Morgan fingerprint density at radius 3 is 3.04 bits per heavy atom. The molecule has 0 amide bonds. The molecule has 0 aliphatic heterocycles. The van der Waals surface area contributed by atoms with Gasteiger partial charge < -0.3 is 9.26 Å². The van der Waals surface area contributed by atoms with E-state index in [1.807, 2.05) is 24.0 Å². The molecule has 2 aliphatic rings. The maximum atomic E-state index is 5.64. The van der Waals surface area contributed by atoms with E-state index in [4.69, 9.17) is 14.4 Å². The second-order valence-electron chi connectivity index (χ2n) is 7.71. The highest BCUT2D eigenvalue weighted by Crippen LogP contribution is 2.56. The Morgan fingerprint density at radius 1 is 1.31 bits per heavy atom.